The maximum Gasteiger partial charge on any atom is 0.255 e. The molecule has 1 amide bonds. The Morgan fingerprint density at radius 2 is 1.88 bits per heavy atom. The van der Waals surface area contributed by atoms with Crippen LogP contribution < -0.4 is 0 Å². The SMILES string of the molecule is C=CCN(Cc1nc(-c2ccccc2)no1)C(=O)c1ccccc1Br. The van der Waals surface area contributed by atoms with Crippen molar-refractivity contribution >= 4 is 21.8 Å². The van der Waals surface area contributed by atoms with Gasteiger partial charge in [0.25, 0.3) is 5.91 Å². The molecule has 0 spiro atoms. The van der Waals surface area contributed by atoms with Crippen LogP contribution in [0.5, 0.6) is 0 Å². The molecule has 25 heavy (non-hydrogen) atoms. The Morgan fingerprint density at radius 3 is 2.60 bits per heavy atom. The van der Waals surface area contributed by atoms with Crippen molar-refractivity contribution in [2.45, 2.75) is 6.54 Å². The fourth-order valence-electron chi connectivity index (χ4n) is 2.37. The number of halogens is 1. The second-order valence-corrected chi connectivity index (χ2v) is 6.19. The van der Waals surface area contributed by atoms with Crippen molar-refractivity contribution in [1.29, 1.82) is 0 Å². The first-order chi connectivity index (χ1) is 12.2. The topological polar surface area (TPSA) is 59.2 Å². The summed E-state index contributed by atoms with van der Waals surface area (Å²) in [6.07, 6.45) is 1.67. The molecule has 0 aliphatic carbocycles. The molecule has 1 aromatic heterocycles. The lowest BCUT2D eigenvalue weighted by atomic mass is 10.2. The molecule has 0 atom stereocenters. The van der Waals surface area contributed by atoms with Crippen LogP contribution in [0, 0.1) is 0 Å². The summed E-state index contributed by atoms with van der Waals surface area (Å²) < 4.78 is 6.05. The molecule has 0 fully saturated rings. The Kier molecular flexibility index (Phi) is 5.40. The van der Waals surface area contributed by atoms with E-state index in [1.165, 1.54) is 0 Å². The summed E-state index contributed by atoms with van der Waals surface area (Å²) in [6, 6.07) is 16.8. The Hall–Kier alpha value is -2.73. The van der Waals surface area contributed by atoms with Crippen molar-refractivity contribution < 1.29 is 9.32 Å². The van der Waals surface area contributed by atoms with E-state index in [9.17, 15) is 4.79 Å². The molecule has 0 aliphatic rings. The summed E-state index contributed by atoms with van der Waals surface area (Å²) in [7, 11) is 0. The number of nitrogens with zero attached hydrogens (tertiary/aromatic N) is 3. The summed E-state index contributed by atoms with van der Waals surface area (Å²) in [5.74, 6) is 0.746. The number of carbonyl (C=O) groups is 1. The van der Waals surface area contributed by atoms with Crippen LogP contribution in [0.1, 0.15) is 16.2 Å². The predicted octanol–water partition coefficient (Wildman–Crippen LogP) is 4.33. The summed E-state index contributed by atoms with van der Waals surface area (Å²) in [5, 5.41) is 3.99. The van der Waals surface area contributed by atoms with E-state index in [2.05, 4.69) is 32.6 Å². The molecule has 0 saturated heterocycles. The quantitative estimate of drug-likeness (QED) is 0.580. The van der Waals surface area contributed by atoms with E-state index in [-0.39, 0.29) is 12.5 Å². The zero-order valence-electron chi connectivity index (χ0n) is 13.4. The average molecular weight is 398 g/mol. The van der Waals surface area contributed by atoms with E-state index in [0.29, 0.717) is 23.8 Å². The van der Waals surface area contributed by atoms with Gasteiger partial charge in [-0.15, -0.1) is 6.58 Å². The van der Waals surface area contributed by atoms with Crippen LogP contribution >= 0.6 is 15.9 Å². The monoisotopic (exact) mass is 397 g/mol. The van der Waals surface area contributed by atoms with Gasteiger partial charge in [-0.25, -0.2) is 0 Å². The van der Waals surface area contributed by atoms with Gasteiger partial charge in [0.15, 0.2) is 0 Å². The molecule has 0 saturated carbocycles. The third-order valence-electron chi connectivity index (χ3n) is 3.57. The maximum atomic E-state index is 12.8. The largest absolute Gasteiger partial charge is 0.337 e. The number of carbonyl (C=O) groups excluding carboxylic acids is 1. The average Bonchev–Trinajstić information content (AvgIpc) is 3.11. The molecule has 5 nitrogen and oxygen atoms in total. The van der Waals surface area contributed by atoms with Crippen molar-refractivity contribution in [2.75, 3.05) is 6.54 Å². The summed E-state index contributed by atoms with van der Waals surface area (Å²) in [6.45, 7) is 4.31. The Morgan fingerprint density at radius 1 is 1.16 bits per heavy atom. The standard InChI is InChI=1S/C19H16BrN3O2/c1-2-12-23(19(24)15-10-6-7-11-16(15)20)13-17-21-18(22-25-17)14-8-4-3-5-9-14/h2-11H,1,12-13H2. The van der Waals surface area contributed by atoms with Gasteiger partial charge in [0.05, 0.1) is 5.56 Å². The number of rotatable bonds is 6. The lowest BCUT2D eigenvalue weighted by Gasteiger charge is -2.19. The van der Waals surface area contributed by atoms with Crippen molar-refractivity contribution in [2.24, 2.45) is 0 Å². The van der Waals surface area contributed by atoms with E-state index < -0.39 is 0 Å². The predicted molar refractivity (Wildman–Crippen MR) is 98.8 cm³/mol. The molecule has 0 unspecified atom stereocenters. The van der Waals surface area contributed by atoms with Crippen LogP contribution in [0.15, 0.2) is 76.2 Å². The molecule has 3 rings (SSSR count). The van der Waals surface area contributed by atoms with Gasteiger partial charge in [-0.05, 0) is 28.1 Å². The first-order valence-electron chi connectivity index (χ1n) is 7.71. The molecule has 1 heterocycles. The fourth-order valence-corrected chi connectivity index (χ4v) is 2.82. The number of amides is 1. The van der Waals surface area contributed by atoms with E-state index in [1.807, 2.05) is 48.5 Å². The minimum atomic E-state index is -0.133. The van der Waals surface area contributed by atoms with Gasteiger partial charge < -0.3 is 9.42 Å². The van der Waals surface area contributed by atoms with Gasteiger partial charge in [-0.1, -0.05) is 53.7 Å². The number of hydrogen-bond donors (Lipinski definition) is 0. The first-order valence-corrected chi connectivity index (χ1v) is 8.51. The second-order valence-electron chi connectivity index (χ2n) is 5.33. The van der Waals surface area contributed by atoms with E-state index >= 15 is 0 Å². The van der Waals surface area contributed by atoms with Crippen molar-refractivity contribution in [3.8, 4) is 11.4 Å². The van der Waals surface area contributed by atoms with Gasteiger partial charge >= 0.3 is 0 Å². The van der Waals surface area contributed by atoms with Crippen molar-refractivity contribution in [3.63, 3.8) is 0 Å². The molecule has 0 bridgehead atoms. The van der Waals surface area contributed by atoms with Crippen LogP contribution in [0.3, 0.4) is 0 Å². The molecular weight excluding hydrogens is 382 g/mol. The van der Waals surface area contributed by atoms with Gasteiger partial charge in [-0.3, -0.25) is 4.79 Å². The lowest BCUT2D eigenvalue weighted by molar-refractivity contribution is 0.0744. The molecule has 0 N–H and O–H groups in total. The summed E-state index contributed by atoms with van der Waals surface area (Å²) in [4.78, 5) is 18.8. The van der Waals surface area contributed by atoms with Gasteiger partial charge in [-0.2, -0.15) is 4.98 Å². The highest BCUT2D eigenvalue weighted by Crippen LogP contribution is 2.20. The highest BCUT2D eigenvalue weighted by atomic mass is 79.9. The molecule has 126 valence electrons. The van der Waals surface area contributed by atoms with Crippen LogP contribution in [0.2, 0.25) is 0 Å². The highest BCUT2D eigenvalue weighted by Gasteiger charge is 2.20. The zero-order chi connectivity index (χ0) is 17.6. The Labute approximate surface area is 154 Å². The van der Waals surface area contributed by atoms with E-state index in [4.69, 9.17) is 4.52 Å². The van der Waals surface area contributed by atoms with Crippen LogP contribution in [0.4, 0.5) is 0 Å². The number of aromatic nitrogens is 2. The van der Waals surface area contributed by atoms with Gasteiger partial charge in [0.1, 0.15) is 6.54 Å². The lowest BCUT2D eigenvalue weighted by Crippen LogP contribution is -2.31. The minimum Gasteiger partial charge on any atom is -0.337 e. The van der Waals surface area contributed by atoms with Crippen LogP contribution in [-0.4, -0.2) is 27.5 Å². The minimum absolute atomic E-state index is 0.133. The van der Waals surface area contributed by atoms with Crippen molar-refractivity contribution in [3.05, 3.63) is 83.2 Å². The number of benzene rings is 2. The smallest absolute Gasteiger partial charge is 0.255 e. The Bertz CT molecular complexity index is 877. The van der Waals surface area contributed by atoms with Gasteiger partial charge in [0.2, 0.25) is 11.7 Å². The molecule has 3 aromatic rings. The molecule has 2 aromatic carbocycles. The summed E-state index contributed by atoms with van der Waals surface area (Å²) >= 11 is 3.41. The molecule has 6 heteroatoms. The third-order valence-corrected chi connectivity index (χ3v) is 4.26. The molecular formula is C19H16BrN3O2. The Balaban J connectivity index is 1.81. The second kappa shape index (κ2) is 7.90. The third kappa shape index (κ3) is 4.03. The maximum absolute atomic E-state index is 12.8. The highest BCUT2D eigenvalue weighted by molar-refractivity contribution is 9.10. The fraction of sp³-hybridized carbons (Fsp3) is 0.105. The zero-order valence-corrected chi connectivity index (χ0v) is 15.0. The number of hydrogen-bond acceptors (Lipinski definition) is 4. The van der Waals surface area contributed by atoms with Crippen LogP contribution in [-0.2, 0) is 6.54 Å². The van der Waals surface area contributed by atoms with Crippen LogP contribution in [0.25, 0.3) is 11.4 Å². The van der Waals surface area contributed by atoms with E-state index in [1.54, 1.807) is 17.0 Å². The van der Waals surface area contributed by atoms with Gasteiger partial charge in [0, 0.05) is 16.6 Å². The van der Waals surface area contributed by atoms with E-state index in [0.717, 1.165) is 10.0 Å². The molecule has 0 aliphatic heterocycles. The molecule has 0 radical (unpaired) electrons. The first kappa shape index (κ1) is 17.1. The normalized spacial score (nSPS) is 10.4. The summed E-state index contributed by atoms with van der Waals surface area (Å²) in [5.41, 5.74) is 1.44. The van der Waals surface area contributed by atoms with Crippen molar-refractivity contribution in [1.82, 2.24) is 15.0 Å².